The van der Waals surface area contributed by atoms with Gasteiger partial charge in [0.15, 0.2) is 12.0 Å². The minimum Gasteiger partial charge on any atom is -0.484 e. The summed E-state index contributed by atoms with van der Waals surface area (Å²) in [7, 11) is 0. The van der Waals surface area contributed by atoms with Gasteiger partial charge in [-0.1, -0.05) is 60.1 Å². The molecule has 5 aromatic rings. The maximum Gasteiger partial charge on any atom is 0.262 e. The van der Waals surface area contributed by atoms with E-state index >= 15 is 0 Å². The standard InChI is InChI=1S/C27H18ClNO4/c28-19-10-8-18(9-11-19)23-15-33-25-14-20(12-13-22(25)27(23)31)32-16-26(30)29-24-7-3-5-17-4-1-2-6-21(17)24/h1-15H,16H2,(H,29,30). The van der Waals surface area contributed by atoms with E-state index in [1.807, 2.05) is 42.5 Å². The Hall–Kier alpha value is -4.09. The molecule has 0 saturated carbocycles. The quantitative estimate of drug-likeness (QED) is 0.338. The van der Waals surface area contributed by atoms with Crippen LogP contribution in [-0.2, 0) is 4.79 Å². The van der Waals surface area contributed by atoms with E-state index in [4.69, 9.17) is 20.8 Å². The van der Waals surface area contributed by atoms with Gasteiger partial charge in [-0.2, -0.15) is 0 Å². The maximum atomic E-state index is 12.9. The van der Waals surface area contributed by atoms with Crippen LogP contribution in [0.15, 0.2) is 100 Å². The molecule has 5 nitrogen and oxygen atoms in total. The first-order valence-electron chi connectivity index (χ1n) is 10.3. The zero-order chi connectivity index (χ0) is 22.8. The number of rotatable bonds is 5. The topological polar surface area (TPSA) is 68.5 Å². The molecule has 0 radical (unpaired) electrons. The average molecular weight is 456 g/mol. The first-order valence-corrected chi connectivity index (χ1v) is 10.7. The van der Waals surface area contributed by atoms with E-state index in [0.717, 1.165) is 22.0 Å². The summed E-state index contributed by atoms with van der Waals surface area (Å²) in [5.41, 5.74) is 2.12. The Morgan fingerprint density at radius 1 is 0.909 bits per heavy atom. The average Bonchev–Trinajstić information content (AvgIpc) is 2.84. The van der Waals surface area contributed by atoms with E-state index in [1.165, 1.54) is 6.26 Å². The molecule has 0 aliphatic heterocycles. The molecule has 1 N–H and O–H groups in total. The molecule has 33 heavy (non-hydrogen) atoms. The number of halogens is 1. The van der Waals surface area contributed by atoms with Crippen molar-refractivity contribution >= 4 is 44.9 Å². The number of ether oxygens (including phenoxy) is 1. The minimum absolute atomic E-state index is 0.154. The van der Waals surface area contributed by atoms with Crippen molar-refractivity contribution in [3.63, 3.8) is 0 Å². The van der Waals surface area contributed by atoms with E-state index < -0.39 is 0 Å². The zero-order valence-electron chi connectivity index (χ0n) is 17.4. The highest BCUT2D eigenvalue weighted by Gasteiger charge is 2.11. The normalized spacial score (nSPS) is 10.9. The Labute approximate surface area is 194 Å². The number of amides is 1. The molecule has 1 aromatic heterocycles. The molecule has 5 rings (SSSR count). The molecular weight excluding hydrogens is 438 g/mol. The van der Waals surface area contributed by atoms with Crippen LogP contribution >= 0.6 is 11.6 Å². The smallest absolute Gasteiger partial charge is 0.262 e. The number of hydrogen-bond acceptors (Lipinski definition) is 4. The lowest BCUT2D eigenvalue weighted by molar-refractivity contribution is -0.118. The zero-order valence-corrected chi connectivity index (χ0v) is 18.1. The third kappa shape index (κ3) is 4.31. The molecule has 0 unspecified atom stereocenters. The van der Waals surface area contributed by atoms with Gasteiger partial charge in [0, 0.05) is 22.2 Å². The first kappa shape index (κ1) is 20.8. The third-order valence-electron chi connectivity index (χ3n) is 5.33. The maximum absolute atomic E-state index is 12.9. The van der Waals surface area contributed by atoms with Gasteiger partial charge in [-0.3, -0.25) is 9.59 Å². The van der Waals surface area contributed by atoms with Crippen LogP contribution in [-0.4, -0.2) is 12.5 Å². The first-order chi connectivity index (χ1) is 16.1. The summed E-state index contributed by atoms with van der Waals surface area (Å²) in [4.78, 5) is 25.4. The Morgan fingerprint density at radius 2 is 1.70 bits per heavy atom. The number of anilines is 1. The Balaban J connectivity index is 1.32. The summed E-state index contributed by atoms with van der Waals surface area (Å²) in [5, 5.41) is 5.90. The molecule has 0 saturated heterocycles. The number of carbonyl (C=O) groups excluding carboxylic acids is 1. The second kappa shape index (κ2) is 8.81. The summed E-state index contributed by atoms with van der Waals surface area (Å²) in [6.45, 7) is -0.179. The molecule has 6 heteroatoms. The van der Waals surface area contributed by atoms with Crippen molar-refractivity contribution in [1.29, 1.82) is 0 Å². The Bertz CT molecular complexity index is 1530. The molecule has 4 aromatic carbocycles. The van der Waals surface area contributed by atoms with Crippen molar-refractivity contribution in [2.45, 2.75) is 0 Å². The number of fused-ring (bicyclic) bond motifs is 2. The van der Waals surface area contributed by atoms with Gasteiger partial charge in [-0.15, -0.1) is 0 Å². The van der Waals surface area contributed by atoms with E-state index in [2.05, 4.69) is 5.32 Å². The summed E-state index contributed by atoms with van der Waals surface area (Å²) in [5.74, 6) is 0.143. The van der Waals surface area contributed by atoms with Gasteiger partial charge >= 0.3 is 0 Å². The largest absolute Gasteiger partial charge is 0.484 e. The summed E-state index contributed by atoms with van der Waals surface area (Å²) in [6.07, 6.45) is 1.42. The van der Waals surface area contributed by atoms with Crippen LogP contribution in [0, 0.1) is 0 Å². The minimum atomic E-state index is -0.286. The summed E-state index contributed by atoms with van der Waals surface area (Å²) >= 11 is 5.93. The van der Waals surface area contributed by atoms with Gasteiger partial charge in [0.1, 0.15) is 17.6 Å². The number of carbonyl (C=O) groups is 1. The van der Waals surface area contributed by atoms with E-state index in [9.17, 15) is 9.59 Å². The van der Waals surface area contributed by atoms with E-state index in [0.29, 0.717) is 27.3 Å². The monoisotopic (exact) mass is 455 g/mol. The van der Waals surface area contributed by atoms with Gasteiger partial charge in [0.2, 0.25) is 0 Å². The number of hydrogen-bond donors (Lipinski definition) is 1. The molecule has 162 valence electrons. The second-order valence-electron chi connectivity index (χ2n) is 7.51. The molecule has 0 spiro atoms. The molecule has 0 aliphatic rings. The van der Waals surface area contributed by atoms with Crippen molar-refractivity contribution in [1.82, 2.24) is 0 Å². The fraction of sp³-hybridized carbons (Fsp3) is 0.0370. The molecule has 1 heterocycles. The number of nitrogens with one attached hydrogen (secondary N) is 1. The Kier molecular flexibility index (Phi) is 5.55. The number of benzene rings is 4. The van der Waals surface area contributed by atoms with Crippen molar-refractivity contribution in [3.8, 4) is 16.9 Å². The van der Waals surface area contributed by atoms with Crippen LogP contribution in [0.3, 0.4) is 0 Å². The third-order valence-corrected chi connectivity index (χ3v) is 5.59. The lowest BCUT2D eigenvalue weighted by Gasteiger charge is -2.10. The van der Waals surface area contributed by atoms with Crippen molar-refractivity contribution < 1.29 is 13.9 Å². The van der Waals surface area contributed by atoms with Gasteiger partial charge in [0.05, 0.1) is 10.9 Å². The molecule has 0 aliphatic carbocycles. The van der Waals surface area contributed by atoms with E-state index in [1.54, 1.807) is 42.5 Å². The van der Waals surface area contributed by atoms with Crippen LogP contribution in [0.1, 0.15) is 0 Å². The molecule has 1 amide bonds. The van der Waals surface area contributed by atoms with Crippen molar-refractivity contribution in [2.24, 2.45) is 0 Å². The SMILES string of the molecule is O=C(COc1ccc2c(=O)c(-c3ccc(Cl)cc3)coc2c1)Nc1cccc2ccccc12. The lowest BCUT2D eigenvalue weighted by Crippen LogP contribution is -2.20. The van der Waals surface area contributed by atoms with Gasteiger partial charge < -0.3 is 14.5 Å². The van der Waals surface area contributed by atoms with Gasteiger partial charge in [-0.05, 0) is 41.3 Å². The van der Waals surface area contributed by atoms with E-state index in [-0.39, 0.29) is 17.9 Å². The highest BCUT2D eigenvalue weighted by Crippen LogP contribution is 2.25. The van der Waals surface area contributed by atoms with Crippen LogP contribution in [0.25, 0.3) is 32.9 Å². The van der Waals surface area contributed by atoms with Crippen LogP contribution in [0.5, 0.6) is 5.75 Å². The molecule has 0 bridgehead atoms. The summed E-state index contributed by atoms with van der Waals surface area (Å²) < 4.78 is 11.3. The Morgan fingerprint density at radius 3 is 2.55 bits per heavy atom. The van der Waals surface area contributed by atoms with Crippen LogP contribution in [0.2, 0.25) is 5.02 Å². The summed E-state index contributed by atoms with van der Waals surface area (Å²) in [6, 6.07) is 25.4. The van der Waals surface area contributed by atoms with Crippen LogP contribution < -0.4 is 15.5 Å². The molecule has 0 fully saturated rings. The lowest BCUT2D eigenvalue weighted by atomic mass is 10.1. The highest BCUT2D eigenvalue weighted by atomic mass is 35.5. The molecular formula is C27H18ClNO4. The molecule has 0 atom stereocenters. The van der Waals surface area contributed by atoms with Crippen LogP contribution in [0.4, 0.5) is 5.69 Å². The predicted molar refractivity (Wildman–Crippen MR) is 131 cm³/mol. The predicted octanol–water partition coefficient (Wildman–Crippen LogP) is 6.28. The highest BCUT2D eigenvalue weighted by molar-refractivity contribution is 6.30. The second-order valence-corrected chi connectivity index (χ2v) is 7.94. The fourth-order valence-electron chi connectivity index (χ4n) is 3.70. The van der Waals surface area contributed by atoms with Crippen molar-refractivity contribution in [2.75, 3.05) is 11.9 Å². The fourth-order valence-corrected chi connectivity index (χ4v) is 3.82. The van der Waals surface area contributed by atoms with Gasteiger partial charge in [-0.25, -0.2) is 0 Å². The van der Waals surface area contributed by atoms with Gasteiger partial charge in [0.25, 0.3) is 5.91 Å². The van der Waals surface area contributed by atoms with Crippen molar-refractivity contribution in [3.05, 3.63) is 106 Å².